The van der Waals surface area contributed by atoms with Crippen LogP contribution in [0.25, 0.3) is 0 Å². The molecule has 0 atom stereocenters. The normalized spacial score (nSPS) is 9.45. The molecule has 0 aromatic heterocycles. The average molecular weight is 146 g/mol. The highest BCUT2D eigenvalue weighted by molar-refractivity contribution is 6.11. The fourth-order valence-electron chi connectivity index (χ4n) is 0.995. The van der Waals surface area contributed by atoms with Crippen molar-refractivity contribution in [3.05, 3.63) is 35.9 Å². The van der Waals surface area contributed by atoms with Crippen molar-refractivity contribution in [3.8, 4) is 0 Å². The van der Waals surface area contributed by atoms with E-state index in [4.69, 9.17) is 0 Å². The molecule has 11 heavy (non-hydrogen) atoms. The number of Topliss-reactive ketones (excluding diaryl/α,β-unsaturated/α-hetero) is 1. The highest BCUT2D eigenvalue weighted by atomic mass is 16.1. The van der Waals surface area contributed by atoms with Crippen LogP contribution in [-0.4, -0.2) is 13.6 Å². The Morgan fingerprint density at radius 3 is 2.45 bits per heavy atom. The van der Waals surface area contributed by atoms with E-state index >= 15 is 0 Å². The number of rotatable bonds is 3. The Kier molecular flexibility index (Phi) is 2.90. The Morgan fingerprint density at radius 1 is 1.27 bits per heavy atom. The summed E-state index contributed by atoms with van der Waals surface area (Å²) >= 11 is 0. The van der Waals surface area contributed by atoms with E-state index in [1.807, 2.05) is 38.2 Å². The molecule has 1 rings (SSSR count). The summed E-state index contributed by atoms with van der Waals surface area (Å²) in [5, 5.41) is 0. The molecule has 0 saturated carbocycles. The quantitative estimate of drug-likeness (QED) is 0.464. The largest absolute Gasteiger partial charge is 0.294 e. The number of carbonyl (C=O) groups is 1. The summed E-state index contributed by atoms with van der Waals surface area (Å²) in [6.07, 6.45) is 1.58. The third-order valence-electron chi connectivity index (χ3n) is 1.57. The van der Waals surface area contributed by atoms with E-state index in [0.29, 0.717) is 6.42 Å². The number of hydrogen-bond donors (Lipinski definition) is 0. The SMILES string of the molecule is BCCC(=O)c1ccccc1. The van der Waals surface area contributed by atoms with E-state index in [1.54, 1.807) is 0 Å². The van der Waals surface area contributed by atoms with E-state index in [9.17, 15) is 4.79 Å². The molecule has 0 N–H and O–H groups in total. The third-order valence-corrected chi connectivity index (χ3v) is 1.57. The van der Waals surface area contributed by atoms with Gasteiger partial charge in [0.1, 0.15) is 7.85 Å². The molecule has 0 radical (unpaired) electrons. The van der Waals surface area contributed by atoms with Gasteiger partial charge < -0.3 is 0 Å². The van der Waals surface area contributed by atoms with Crippen LogP contribution >= 0.6 is 0 Å². The van der Waals surface area contributed by atoms with E-state index in [0.717, 1.165) is 11.9 Å². The van der Waals surface area contributed by atoms with Gasteiger partial charge in [-0.3, -0.25) is 4.79 Å². The van der Waals surface area contributed by atoms with E-state index in [2.05, 4.69) is 0 Å². The van der Waals surface area contributed by atoms with Gasteiger partial charge in [-0.15, -0.1) is 0 Å². The number of hydrogen-bond acceptors (Lipinski definition) is 1. The maximum absolute atomic E-state index is 11.2. The van der Waals surface area contributed by atoms with Crippen LogP contribution in [0.1, 0.15) is 16.8 Å². The predicted molar refractivity (Wildman–Crippen MR) is 48.7 cm³/mol. The first kappa shape index (κ1) is 8.06. The maximum Gasteiger partial charge on any atom is 0.162 e. The fraction of sp³-hybridized carbons (Fsp3) is 0.222. The summed E-state index contributed by atoms with van der Waals surface area (Å²) in [5.74, 6) is 0.244. The van der Waals surface area contributed by atoms with Crippen LogP contribution in [0.4, 0.5) is 0 Å². The van der Waals surface area contributed by atoms with Crippen molar-refractivity contribution >= 4 is 13.6 Å². The van der Waals surface area contributed by atoms with Crippen LogP contribution < -0.4 is 0 Å². The van der Waals surface area contributed by atoms with E-state index in [-0.39, 0.29) is 5.78 Å². The summed E-state index contributed by atoms with van der Waals surface area (Å²) in [7, 11) is 2.01. The van der Waals surface area contributed by atoms with Crippen molar-refractivity contribution in [1.82, 2.24) is 0 Å². The van der Waals surface area contributed by atoms with Gasteiger partial charge in [-0.2, -0.15) is 0 Å². The summed E-state index contributed by atoms with van der Waals surface area (Å²) in [4.78, 5) is 11.2. The first-order valence-corrected chi connectivity index (χ1v) is 3.93. The van der Waals surface area contributed by atoms with Gasteiger partial charge in [0.25, 0.3) is 0 Å². The second-order valence-corrected chi connectivity index (χ2v) is 2.54. The Labute approximate surface area is 67.8 Å². The average Bonchev–Trinajstić information content (AvgIpc) is 2.07. The molecule has 56 valence electrons. The molecule has 1 aromatic carbocycles. The third kappa shape index (κ3) is 2.22. The minimum absolute atomic E-state index is 0.244. The smallest absolute Gasteiger partial charge is 0.162 e. The molecular formula is C9H11BO. The molecular weight excluding hydrogens is 135 g/mol. The first-order chi connectivity index (χ1) is 5.34. The number of benzene rings is 1. The molecule has 0 aliphatic rings. The van der Waals surface area contributed by atoms with Crippen molar-refractivity contribution in [1.29, 1.82) is 0 Å². The summed E-state index contributed by atoms with van der Waals surface area (Å²) in [5.41, 5.74) is 0.828. The molecule has 0 amide bonds. The summed E-state index contributed by atoms with van der Waals surface area (Å²) < 4.78 is 0. The highest BCUT2D eigenvalue weighted by Gasteiger charge is 2.00. The zero-order chi connectivity index (χ0) is 8.10. The number of ketones is 1. The van der Waals surface area contributed by atoms with E-state index in [1.165, 1.54) is 0 Å². The standard InChI is InChI=1S/C9H11BO/c10-7-6-9(11)8-4-2-1-3-5-8/h1-5H,6-7,10H2. The van der Waals surface area contributed by atoms with Crippen molar-refractivity contribution < 1.29 is 4.79 Å². The van der Waals surface area contributed by atoms with Gasteiger partial charge in [-0.1, -0.05) is 36.7 Å². The Bertz CT molecular complexity index is 231. The van der Waals surface area contributed by atoms with Crippen LogP contribution in [0.5, 0.6) is 0 Å². The minimum Gasteiger partial charge on any atom is -0.294 e. The second-order valence-electron chi connectivity index (χ2n) is 2.54. The second kappa shape index (κ2) is 3.96. The lowest BCUT2D eigenvalue weighted by molar-refractivity contribution is 0.0988. The molecule has 2 heteroatoms. The lowest BCUT2D eigenvalue weighted by Crippen LogP contribution is -1.96. The lowest BCUT2D eigenvalue weighted by Gasteiger charge is -1.96. The van der Waals surface area contributed by atoms with Crippen molar-refractivity contribution in [2.75, 3.05) is 0 Å². The maximum atomic E-state index is 11.2. The van der Waals surface area contributed by atoms with Gasteiger partial charge in [0.05, 0.1) is 0 Å². The first-order valence-electron chi connectivity index (χ1n) is 3.93. The Hall–Kier alpha value is -1.05. The summed E-state index contributed by atoms with van der Waals surface area (Å²) in [6, 6.07) is 9.42. The molecule has 0 aliphatic carbocycles. The molecule has 0 spiro atoms. The van der Waals surface area contributed by atoms with Crippen LogP contribution in [0.2, 0.25) is 6.32 Å². The number of carbonyl (C=O) groups excluding carboxylic acids is 1. The molecule has 1 nitrogen and oxygen atoms in total. The zero-order valence-electron chi connectivity index (χ0n) is 6.71. The van der Waals surface area contributed by atoms with Gasteiger partial charge in [0.2, 0.25) is 0 Å². The van der Waals surface area contributed by atoms with Crippen molar-refractivity contribution in [3.63, 3.8) is 0 Å². The van der Waals surface area contributed by atoms with Gasteiger partial charge >= 0.3 is 0 Å². The fourth-order valence-corrected chi connectivity index (χ4v) is 0.995. The van der Waals surface area contributed by atoms with Crippen LogP contribution in [-0.2, 0) is 0 Å². The topological polar surface area (TPSA) is 17.1 Å². The van der Waals surface area contributed by atoms with Crippen LogP contribution in [0, 0.1) is 0 Å². The molecule has 0 aliphatic heterocycles. The monoisotopic (exact) mass is 146 g/mol. The Balaban J connectivity index is 2.69. The van der Waals surface area contributed by atoms with E-state index < -0.39 is 0 Å². The lowest BCUT2D eigenvalue weighted by atomic mass is 9.97. The van der Waals surface area contributed by atoms with Gasteiger partial charge in [0.15, 0.2) is 5.78 Å². The van der Waals surface area contributed by atoms with Crippen molar-refractivity contribution in [2.45, 2.75) is 12.7 Å². The van der Waals surface area contributed by atoms with Gasteiger partial charge in [-0.05, 0) is 0 Å². The molecule has 0 bridgehead atoms. The zero-order valence-corrected chi connectivity index (χ0v) is 6.71. The Morgan fingerprint density at radius 2 is 1.91 bits per heavy atom. The van der Waals surface area contributed by atoms with Crippen LogP contribution in [0.15, 0.2) is 30.3 Å². The molecule has 0 saturated heterocycles. The molecule has 0 unspecified atom stereocenters. The van der Waals surface area contributed by atoms with Gasteiger partial charge in [-0.25, -0.2) is 0 Å². The molecule has 0 heterocycles. The predicted octanol–water partition coefficient (Wildman–Crippen LogP) is 1.31. The minimum atomic E-state index is 0.244. The highest BCUT2D eigenvalue weighted by Crippen LogP contribution is 2.03. The van der Waals surface area contributed by atoms with Crippen molar-refractivity contribution in [2.24, 2.45) is 0 Å². The molecule has 1 aromatic rings. The van der Waals surface area contributed by atoms with Crippen LogP contribution in [0.3, 0.4) is 0 Å². The molecule has 0 fully saturated rings. The summed E-state index contributed by atoms with van der Waals surface area (Å²) in [6.45, 7) is 0. The van der Waals surface area contributed by atoms with Gasteiger partial charge in [0, 0.05) is 12.0 Å².